The standard InChI is InChI=1S/C14H21N3O2/c1-3-17(12-4-5-12)14(18)10-15-9-11-6-7-16-13(8-11)19-2/h6-8,12,15H,3-5,9-10H2,1-2H3. The molecule has 5 nitrogen and oxygen atoms in total. The van der Waals surface area contributed by atoms with Crippen molar-refractivity contribution in [2.75, 3.05) is 20.2 Å². The number of pyridine rings is 1. The first-order valence-electron chi connectivity index (χ1n) is 6.73. The number of ether oxygens (including phenoxy) is 1. The molecular weight excluding hydrogens is 242 g/mol. The van der Waals surface area contributed by atoms with E-state index < -0.39 is 0 Å². The van der Waals surface area contributed by atoms with Crippen molar-refractivity contribution in [3.8, 4) is 5.88 Å². The number of rotatable bonds is 7. The van der Waals surface area contributed by atoms with Crippen LogP contribution in [0.25, 0.3) is 0 Å². The lowest BCUT2D eigenvalue weighted by Gasteiger charge is -2.20. The monoisotopic (exact) mass is 263 g/mol. The minimum atomic E-state index is 0.186. The van der Waals surface area contributed by atoms with Gasteiger partial charge in [-0.3, -0.25) is 4.79 Å². The third kappa shape index (κ3) is 3.92. The zero-order chi connectivity index (χ0) is 13.7. The fraction of sp³-hybridized carbons (Fsp3) is 0.571. The van der Waals surface area contributed by atoms with Gasteiger partial charge in [0.05, 0.1) is 13.7 Å². The van der Waals surface area contributed by atoms with Gasteiger partial charge in [0.15, 0.2) is 0 Å². The summed E-state index contributed by atoms with van der Waals surface area (Å²) in [7, 11) is 1.60. The maximum absolute atomic E-state index is 12.0. The normalized spacial score (nSPS) is 14.2. The molecule has 0 spiro atoms. The van der Waals surface area contributed by atoms with Gasteiger partial charge in [0, 0.05) is 31.4 Å². The van der Waals surface area contributed by atoms with Crippen LogP contribution in [0, 0.1) is 0 Å². The fourth-order valence-corrected chi connectivity index (χ4v) is 2.11. The van der Waals surface area contributed by atoms with Gasteiger partial charge in [0.1, 0.15) is 0 Å². The molecule has 1 aromatic heterocycles. The molecule has 1 amide bonds. The first-order valence-corrected chi connectivity index (χ1v) is 6.73. The van der Waals surface area contributed by atoms with E-state index in [4.69, 9.17) is 4.74 Å². The summed E-state index contributed by atoms with van der Waals surface area (Å²) in [6, 6.07) is 4.27. The van der Waals surface area contributed by atoms with Crippen molar-refractivity contribution in [1.82, 2.24) is 15.2 Å². The summed E-state index contributed by atoms with van der Waals surface area (Å²) >= 11 is 0. The topological polar surface area (TPSA) is 54.5 Å². The number of carbonyl (C=O) groups is 1. The van der Waals surface area contributed by atoms with Crippen LogP contribution in [0.5, 0.6) is 5.88 Å². The zero-order valence-corrected chi connectivity index (χ0v) is 11.6. The van der Waals surface area contributed by atoms with Crippen molar-refractivity contribution < 1.29 is 9.53 Å². The molecule has 0 unspecified atom stereocenters. The maximum Gasteiger partial charge on any atom is 0.236 e. The van der Waals surface area contributed by atoms with Crippen molar-refractivity contribution in [3.05, 3.63) is 23.9 Å². The average Bonchev–Trinajstić information content (AvgIpc) is 3.24. The number of nitrogens with one attached hydrogen (secondary N) is 1. The fourth-order valence-electron chi connectivity index (χ4n) is 2.11. The van der Waals surface area contributed by atoms with Crippen LogP contribution in [0.4, 0.5) is 0 Å². The van der Waals surface area contributed by atoms with E-state index in [9.17, 15) is 4.79 Å². The Morgan fingerprint density at radius 1 is 1.58 bits per heavy atom. The maximum atomic E-state index is 12.0. The molecule has 104 valence electrons. The Balaban J connectivity index is 1.77. The van der Waals surface area contributed by atoms with Crippen LogP contribution in [0.1, 0.15) is 25.3 Å². The highest BCUT2D eigenvalue weighted by atomic mass is 16.5. The number of carbonyl (C=O) groups excluding carboxylic acids is 1. The molecule has 1 aromatic rings. The van der Waals surface area contributed by atoms with Crippen LogP contribution in [-0.2, 0) is 11.3 Å². The van der Waals surface area contributed by atoms with E-state index in [1.165, 1.54) is 0 Å². The molecule has 1 saturated carbocycles. The molecule has 1 aliphatic rings. The molecule has 19 heavy (non-hydrogen) atoms. The van der Waals surface area contributed by atoms with Crippen LogP contribution >= 0.6 is 0 Å². The molecule has 0 saturated heterocycles. The first-order chi connectivity index (χ1) is 9.24. The SMILES string of the molecule is CCN(C(=O)CNCc1ccnc(OC)c1)C1CC1. The lowest BCUT2D eigenvalue weighted by molar-refractivity contribution is -0.130. The minimum Gasteiger partial charge on any atom is -0.481 e. The van der Waals surface area contributed by atoms with Crippen molar-refractivity contribution in [2.45, 2.75) is 32.4 Å². The van der Waals surface area contributed by atoms with Crippen molar-refractivity contribution in [2.24, 2.45) is 0 Å². The number of methoxy groups -OCH3 is 1. The van der Waals surface area contributed by atoms with Crippen molar-refractivity contribution in [3.63, 3.8) is 0 Å². The Morgan fingerprint density at radius 2 is 2.37 bits per heavy atom. The number of hydrogen-bond donors (Lipinski definition) is 1. The lowest BCUT2D eigenvalue weighted by Crippen LogP contribution is -2.39. The second kappa shape index (κ2) is 6.52. The van der Waals surface area contributed by atoms with Crippen LogP contribution in [0.15, 0.2) is 18.3 Å². The third-order valence-electron chi connectivity index (χ3n) is 3.26. The third-order valence-corrected chi connectivity index (χ3v) is 3.26. The number of hydrogen-bond acceptors (Lipinski definition) is 4. The van der Waals surface area contributed by atoms with Crippen LogP contribution < -0.4 is 10.1 Å². The Hall–Kier alpha value is -1.62. The molecular formula is C14H21N3O2. The minimum absolute atomic E-state index is 0.186. The molecule has 1 fully saturated rings. The van der Waals surface area contributed by atoms with E-state index >= 15 is 0 Å². The molecule has 1 N–H and O–H groups in total. The summed E-state index contributed by atoms with van der Waals surface area (Å²) in [5.74, 6) is 0.782. The molecule has 0 radical (unpaired) electrons. The average molecular weight is 263 g/mol. The predicted molar refractivity (Wildman–Crippen MR) is 72.9 cm³/mol. The number of amides is 1. The van der Waals surface area contributed by atoms with Gasteiger partial charge in [-0.05, 0) is 31.4 Å². The van der Waals surface area contributed by atoms with E-state index in [-0.39, 0.29) is 5.91 Å². The van der Waals surface area contributed by atoms with Crippen LogP contribution in [0.2, 0.25) is 0 Å². The highest BCUT2D eigenvalue weighted by Crippen LogP contribution is 2.26. The van der Waals surface area contributed by atoms with Crippen molar-refractivity contribution >= 4 is 5.91 Å². The molecule has 5 heteroatoms. The zero-order valence-electron chi connectivity index (χ0n) is 11.6. The van der Waals surface area contributed by atoms with E-state index in [2.05, 4.69) is 10.3 Å². The number of nitrogens with zero attached hydrogens (tertiary/aromatic N) is 2. The summed E-state index contributed by atoms with van der Waals surface area (Å²) in [6.07, 6.45) is 4.02. The van der Waals surface area contributed by atoms with Crippen LogP contribution in [-0.4, -0.2) is 42.0 Å². The summed E-state index contributed by atoms with van der Waals surface area (Å²) < 4.78 is 5.06. The van der Waals surface area contributed by atoms with Gasteiger partial charge in [0.2, 0.25) is 11.8 Å². The Kier molecular flexibility index (Phi) is 4.74. The molecule has 1 aliphatic carbocycles. The highest BCUT2D eigenvalue weighted by molar-refractivity contribution is 5.78. The molecule has 0 bridgehead atoms. The Bertz CT molecular complexity index is 432. The molecule has 0 aliphatic heterocycles. The summed E-state index contributed by atoms with van der Waals surface area (Å²) in [6.45, 7) is 3.86. The molecule has 2 rings (SSSR count). The summed E-state index contributed by atoms with van der Waals surface area (Å²) in [4.78, 5) is 18.0. The van der Waals surface area contributed by atoms with E-state index in [1.54, 1.807) is 13.3 Å². The largest absolute Gasteiger partial charge is 0.481 e. The first kappa shape index (κ1) is 13.8. The Morgan fingerprint density at radius 3 is 3.00 bits per heavy atom. The molecule has 0 atom stereocenters. The van der Waals surface area contributed by atoms with Gasteiger partial charge in [-0.25, -0.2) is 4.98 Å². The predicted octanol–water partition coefficient (Wildman–Crippen LogP) is 1.19. The molecule has 1 heterocycles. The smallest absolute Gasteiger partial charge is 0.236 e. The summed E-state index contributed by atoms with van der Waals surface area (Å²) in [5, 5.41) is 3.18. The highest BCUT2D eigenvalue weighted by Gasteiger charge is 2.30. The van der Waals surface area contributed by atoms with Gasteiger partial charge in [0.25, 0.3) is 0 Å². The Labute approximate surface area is 114 Å². The lowest BCUT2D eigenvalue weighted by atomic mass is 10.2. The second-order valence-corrected chi connectivity index (χ2v) is 4.72. The number of aromatic nitrogens is 1. The van der Waals surface area contributed by atoms with Crippen LogP contribution in [0.3, 0.4) is 0 Å². The van der Waals surface area contributed by atoms with Gasteiger partial charge >= 0.3 is 0 Å². The van der Waals surface area contributed by atoms with E-state index in [1.807, 2.05) is 24.0 Å². The van der Waals surface area contributed by atoms with E-state index in [0.29, 0.717) is 25.0 Å². The molecule has 0 aromatic carbocycles. The van der Waals surface area contributed by atoms with Gasteiger partial charge < -0.3 is 15.0 Å². The van der Waals surface area contributed by atoms with Crippen molar-refractivity contribution in [1.29, 1.82) is 0 Å². The second-order valence-electron chi connectivity index (χ2n) is 4.72. The van der Waals surface area contributed by atoms with Gasteiger partial charge in [-0.15, -0.1) is 0 Å². The van der Waals surface area contributed by atoms with E-state index in [0.717, 1.165) is 24.9 Å². The van der Waals surface area contributed by atoms with Gasteiger partial charge in [-0.2, -0.15) is 0 Å². The van der Waals surface area contributed by atoms with Gasteiger partial charge in [-0.1, -0.05) is 0 Å². The quantitative estimate of drug-likeness (QED) is 0.803. The summed E-state index contributed by atoms with van der Waals surface area (Å²) in [5.41, 5.74) is 1.06. The number of likely N-dealkylation sites (N-methyl/N-ethyl adjacent to an activating group) is 1.